The molecule has 0 aliphatic carbocycles. The third-order valence-corrected chi connectivity index (χ3v) is 2.53. The van der Waals surface area contributed by atoms with Gasteiger partial charge in [0.1, 0.15) is 5.75 Å². The molecule has 0 atom stereocenters. The third-order valence-electron chi connectivity index (χ3n) is 1.57. The molecular weight excluding hydrogens is 168 g/mol. The van der Waals surface area contributed by atoms with Crippen molar-refractivity contribution < 1.29 is 4.79 Å². The first-order chi connectivity index (χ1) is 5.84. The van der Waals surface area contributed by atoms with Gasteiger partial charge in [-0.1, -0.05) is 30.3 Å². The van der Waals surface area contributed by atoms with Crippen molar-refractivity contribution in [3.05, 3.63) is 35.9 Å². The zero-order chi connectivity index (χ0) is 8.81. The summed E-state index contributed by atoms with van der Waals surface area (Å²) in [6.45, 7) is 2.08. The Labute approximate surface area is 77.2 Å². The summed E-state index contributed by atoms with van der Waals surface area (Å²) < 4.78 is 0. The summed E-state index contributed by atoms with van der Waals surface area (Å²) in [4.78, 5) is 11.4. The van der Waals surface area contributed by atoms with Gasteiger partial charge in [-0.3, -0.25) is 4.79 Å². The van der Waals surface area contributed by atoms with E-state index in [1.54, 1.807) is 0 Å². The highest BCUT2D eigenvalue weighted by Crippen LogP contribution is 1.99. The van der Waals surface area contributed by atoms with Gasteiger partial charge >= 0.3 is 0 Å². The van der Waals surface area contributed by atoms with E-state index in [0.717, 1.165) is 11.3 Å². The number of hydrogen-bond donors (Lipinski definition) is 0. The van der Waals surface area contributed by atoms with Crippen LogP contribution in [0.15, 0.2) is 30.3 Å². The van der Waals surface area contributed by atoms with Crippen molar-refractivity contribution in [2.45, 2.75) is 6.92 Å². The molecule has 1 rings (SSSR count). The van der Waals surface area contributed by atoms with Crippen molar-refractivity contribution in [2.75, 3.05) is 11.5 Å². The van der Waals surface area contributed by atoms with E-state index in [-0.39, 0.29) is 5.78 Å². The molecule has 0 aliphatic heterocycles. The van der Waals surface area contributed by atoms with Crippen LogP contribution in [-0.2, 0) is 11.8 Å². The molecule has 0 aliphatic rings. The molecule has 2 heteroatoms. The molecule has 0 spiro atoms. The Kier molecular flexibility index (Phi) is 3.88. The second-order valence-electron chi connectivity index (χ2n) is 2.49. The van der Waals surface area contributed by atoms with Crippen LogP contribution >= 0.6 is 0 Å². The molecule has 0 saturated carbocycles. The lowest BCUT2D eigenvalue weighted by molar-refractivity contribution is 0.102. The smallest absolute Gasteiger partial charge is 0.211 e. The van der Waals surface area contributed by atoms with Crippen LogP contribution in [0.25, 0.3) is 0 Å². The van der Waals surface area contributed by atoms with Gasteiger partial charge in [-0.25, -0.2) is 0 Å². The van der Waals surface area contributed by atoms with Crippen molar-refractivity contribution in [1.82, 2.24) is 0 Å². The van der Waals surface area contributed by atoms with Gasteiger partial charge < -0.3 is 0 Å². The summed E-state index contributed by atoms with van der Waals surface area (Å²) in [5, 5.41) is 0. The van der Waals surface area contributed by atoms with Crippen molar-refractivity contribution in [3.8, 4) is 0 Å². The molecular formula is C10H13OS+. The van der Waals surface area contributed by atoms with E-state index < -0.39 is 0 Å². The summed E-state index contributed by atoms with van der Waals surface area (Å²) in [5.41, 5.74) is 0.832. The van der Waals surface area contributed by atoms with Gasteiger partial charge in [0.05, 0.1) is 0 Å². The zero-order valence-corrected chi connectivity index (χ0v) is 8.05. The van der Waals surface area contributed by atoms with Crippen LogP contribution in [0.2, 0.25) is 0 Å². The molecule has 0 saturated heterocycles. The van der Waals surface area contributed by atoms with E-state index in [2.05, 4.69) is 6.92 Å². The molecule has 12 heavy (non-hydrogen) atoms. The Morgan fingerprint density at radius 3 is 2.58 bits per heavy atom. The van der Waals surface area contributed by atoms with Crippen LogP contribution in [0, 0.1) is 0 Å². The minimum absolute atomic E-state index is 0.249. The molecule has 0 fully saturated rings. The average molecular weight is 181 g/mol. The van der Waals surface area contributed by atoms with Crippen molar-refractivity contribution >= 4 is 17.5 Å². The maximum absolute atomic E-state index is 11.4. The minimum atomic E-state index is 0.249. The third kappa shape index (κ3) is 2.70. The predicted octanol–water partition coefficient (Wildman–Crippen LogP) is 1.70. The molecule has 0 bridgehead atoms. The quantitative estimate of drug-likeness (QED) is 0.392. The Morgan fingerprint density at radius 2 is 2.00 bits per heavy atom. The highest BCUT2D eigenvalue weighted by molar-refractivity contribution is 7.79. The van der Waals surface area contributed by atoms with Gasteiger partial charge in [0.2, 0.25) is 5.78 Å². The van der Waals surface area contributed by atoms with E-state index in [1.165, 1.54) is 11.8 Å². The number of carbonyl (C=O) groups is 1. The Balaban J connectivity index is 2.54. The molecule has 0 heterocycles. The first-order valence-electron chi connectivity index (χ1n) is 4.06. The summed E-state index contributed by atoms with van der Waals surface area (Å²) in [6, 6.07) is 9.46. The Hall–Kier alpha value is -0.760. The largest absolute Gasteiger partial charge is 0.289 e. The topological polar surface area (TPSA) is 17.1 Å². The number of Topliss-reactive ketones (excluding diaryl/α,β-unsaturated/α-hetero) is 1. The van der Waals surface area contributed by atoms with E-state index in [0.29, 0.717) is 5.75 Å². The van der Waals surface area contributed by atoms with Crippen molar-refractivity contribution in [2.24, 2.45) is 0 Å². The number of thiol groups is 1. The van der Waals surface area contributed by atoms with E-state index in [1.807, 2.05) is 30.3 Å². The van der Waals surface area contributed by atoms with Gasteiger partial charge in [0, 0.05) is 5.56 Å². The second kappa shape index (κ2) is 4.99. The maximum atomic E-state index is 11.4. The van der Waals surface area contributed by atoms with Crippen LogP contribution in [0.5, 0.6) is 0 Å². The van der Waals surface area contributed by atoms with Crippen LogP contribution < -0.4 is 0 Å². The SMILES string of the molecule is CC[SH+]CC(=O)c1ccccc1. The lowest BCUT2D eigenvalue weighted by Crippen LogP contribution is -2.07. The summed E-state index contributed by atoms with van der Waals surface area (Å²) in [7, 11) is 0. The number of carbonyl (C=O) groups excluding carboxylic acids is 1. The fraction of sp³-hybridized carbons (Fsp3) is 0.300. The van der Waals surface area contributed by atoms with Crippen LogP contribution in [0.3, 0.4) is 0 Å². The number of hydrogen-bond acceptors (Lipinski definition) is 1. The summed E-state index contributed by atoms with van der Waals surface area (Å²) in [6.07, 6.45) is 0. The average Bonchev–Trinajstić information content (AvgIpc) is 2.15. The lowest BCUT2D eigenvalue weighted by Gasteiger charge is -1.93. The van der Waals surface area contributed by atoms with Gasteiger partial charge in [-0.2, -0.15) is 0 Å². The fourth-order valence-electron chi connectivity index (χ4n) is 0.929. The molecule has 0 unspecified atom stereocenters. The number of ketones is 1. The Morgan fingerprint density at radius 1 is 1.33 bits per heavy atom. The van der Waals surface area contributed by atoms with Gasteiger partial charge in [0.15, 0.2) is 5.75 Å². The Bertz CT molecular complexity index is 243. The van der Waals surface area contributed by atoms with Crippen molar-refractivity contribution in [3.63, 3.8) is 0 Å². The lowest BCUT2D eigenvalue weighted by atomic mass is 10.2. The first-order valence-corrected chi connectivity index (χ1v) is 5.32. The maximum Gasteiger partial charge on any atom is 0.211 e. The van der Waals surface area contributed by atoms with E-state index in [9.17, 15) is 4.79 Å². The predicted molar refractivity (Wildman–Crippen MR) is 54.9 cm³/mol. The minimum Gasteiger partial charge on any atom is -0.289 e. The van der Waals surface area contributed by atoms with E-state index >= 15 is 0 Å². The van der Waals surface area contributed by atoms with E-state index in [4.69, 9.17) is 0 Å². The first kappa shape index (κ1) is 9.33. The van der Waals surface area contributed by atoms with Gasteiger partial charge in [-0.15, -0.1) is 0 Å². The second-order valence-corrected chi connectivity index (χ2v) is 3.88. The van der Waals surface area contributed by atoms with Crippen molar-refractivity contribution in [1.29, 1.82) is 0 Å². The number of rotatable bonds is 4. The summed E-state index contributed by atoms with van der Waals surface area (Å²) in [5.74, 6) is 1.96. The molecule has 0 amide bonds. The van der Waals surface area contributed by atoms with Gasteiger partial charge in [-0.05, 0) is 18.7 Å². The zero-order valence-electron chi connectivity index (χ0n) is 7.16. The van der Waals surface area contributed by atoms with Crippen LogP contribution in [-0.4, -0.2) is 17.3 Å². The van der Waals surface area contributed by atoms with Gasteiger partial charge in [0.25, 0.3) is 0 Å². The fourth-order valence-corrected chi connectivity index (χ4v) is 1.54. The molecule has 0 radical (unpaired) electrons. The number of benzene rings is 1. The molecule has 1 nitrogen and oxygen atoms in total. The van der Waals surface area contributed by atoms with Crippen LogP contribution in [0.4, 0.5) is 0 Å². The standard InChI is InChI=1S/C10H12OS/c1-2-12-8-10(11)9-6-4-3-5-7-9/h3-7H,2,8H2,1H3/p+1. The molecule has 1 aromatic rings. The summed E-state index contributed by atoms with van der Waals surface area (Å²) >= 11 is 1.22. The normalized spacial score (nSPS) is 9.75. The highest BCUT2D eigenvalue weighted by Gasteiger charge is 2.07. The molecule has 0 aromatic heterocycles. The molecule has 64 valence electrons. The molecule has 0 N–H and O–H groups in total. The van der Waals surface area contributed by atoms with Crippen LogP contribution in [0.1, 0.15) is 17.3 Å². The highest BCUT2D eigenvalue weighted by atomic mass is 32.2. The molecule has 1 aromatic carbocycles. The monoisotopic (exact) mass is 181 g/mol.